The van der Waals surface area contributed by atoms with Crippen LogP contribution in [0, 0.1) is 0 Å². The Morgan fingerprint density at radius 3 is 2.49 bits per heavy atom. The van der Waals surface area contributed by atoms with E-state index in [1.165, 1.54) is 25.4 Å². The highest BCUT2D eigenvalue weighted by molar-refractivity contribution is 7.90. The molecule has 0 aliphatic carbocycles. The minimum atomic E-state index is -4.92. The van der Waals surface area contributed by atoms with E-state index in [1.807, 2.05) is 0 Å². The summed E-state index contributed by atoms with van der Waals surface area (Å²) in [6.07, 6.45) is -1.61. The second-order valence-electron chi connectivity index (χ2n) is 9.51. The molecule has 0 saturated carbocycles. The molecule has 0 unspecified atom stereocenters. The molecule has 0 spiro atoms. The van der Waals surface area contributed by atoms with E-state index >= 15 is 0 Å². The van der Waals surface area contributed by atoms with E-state index in [4.69, 9.17) is 9.47 Å². The van der Waals surface area contributed by atoms with Gasteiger partial charge in [0.15, 0.2) is 15.7 Å². The van der Waals surface area contributed by atoms with Gasteiger partial charge in [-0.2, -0.15) is 23.4 Å². The molecule has 0 fully saturated rings. The number of aromatic amines is 1. The van der Waals surface area contributed by atoms with Crippen LogP contribution in [-0.4, -0.2) is 64.4 Å². The average molecular weight is 623 g/mol. The SMILES string of the molecule is COc1ccc(Cn2ncc(N[C@@H](C)COCc3n[nH]c(CNc4ccc(S(C)(=O)=O)cn4)n3)c(C(F)(F)F)c2=O)cc1. The summed E-state index contributed by atoms with van der Waals surface area (Å²) in [5, 5.41) is 16.3. The monoisotopic (exact) mass is 622 g/mol. The number of alkyl halides is 3. The number of benzene rings is 1. The van der Waals surface area contributed by atoms with Gasteiger partial charge in [-0.25, -0.2) is 23.1 Å². The van der Waals surface area contributed by atoms with Crippen molar-refractivity contribution in [2.45, 2.75) is 43.7 Å². The molecule has 0 aliphatic heterocycles. The first-order chi connectivity index (χ1) is 20.3. The summed E-state index contributed by atoms with van der Waals surface area (Å²) in [5.74, 6) is 1.77. The number of sulfone groups is 1. The van der Waals surface area contributed by atoms with Crippen molar-refractivity contribution in [1.82, 2.24) is 29.9 Å². The van der Waals surface area contributed by atoms with Crippen LogP contribution in [0.15, 0.2) is 58.5 Å². The first-order valence-corrected chi connectivity index (χ1v) is 14.7. The number of aromatic nitrogens is 6. The van der Waals surface area contributed by atoms with Crippen molar-refractivity contribution in [3.63, 3.8) is 0 Å². The van der Waals surface area contributed by atoms with Crippen LogP contribution < -0.4 is 20.9 Å². The van der Waals surface area contributed by atoms with Crippen LogP contribution in [0.4, 0.5) is 24.7 Å². The number of hydrogen-bond acceptors (Lipinski definition) is 11. The molecule has 43 heavy (non-hydrogen) atoms. The van der Waals surface area contributed by atoms with E-state index in [2.05, 4.69) is 35.9 Å². The van der Waals surface area contributed by atoms with Crippen molar-refractivity contribution in [3.8, 4) is 5.75 Å². The number of H-pyrrole nitrogens is 1. The highest BCUT2D eigenvalue weighted by Crippen LogP contribution is 2.32. The molecule has 0 saturated heterocycles. The molecule has 0 amide bonds. The lowest BCUT2D eigenvalue weighted by atomic mass is 10.2. The van der Waals surface area contributed by atoms with Gasteiger partial charge in [0.1, 0.15) is 29.6 Å². The van der Waals surface area contributed by atoms with Crippen molar-refractivity contribution in [3.05, 3.63) is 81.9 Å². The molecule has 4 aromatic rings. The number of halogens is 3. The van der Waals surface area contributed by atoms with Crippen LogP contribution >= 0.6 is 0 Å². The Kier molecular flexibility index (Phi) is 9.65. The zero-order chi connectivity index (χ0) is 31.2. The van der Waals surface area contributed by atoms with Gasteiger partial charge in [0.05, 0.1) is 43.6 Å². The highest BCUT2D eigenvalue weighted by Gasteiger charge is 2.38. The number of ether oxygens (including phenoxy) is 2. The topological polar surface area (TPSA) is 166 Å². The summed E-state index contributed by atoms with van der Waals surface area (Å²) in [5.41, 5.74) is -2.50. The first-order valence-electron chi connectivity index (χ1n) is 12.8. The quantitative estimate of drug-likeness (QED) is 0.201. The Hall–Kier alpha value is -4.51. The summed E-state index contributed by atoms with van der Waals surface area (Å²) in [6, 6.07) is 8.88. The lowest BCUT2D eigenvalue weighted by Crippen LogP contribution is -2.34. The standard InChI is InChI=1S/C26H29F3N8O5S/c1-16(14-42-15-23-34-22(35-36-23)12-31-21-9-8-19(10-30-21)43(3,39)40)33-20-11-32-37(25(38)24(20)26(27,28)29)13-17-4-6-18(41-2)7-5-17/h4-11,16,33H,12-15H2,1-3H3,(H,30,31)(H,34,35,36)/t16-/m0/s1. The first kappa shape index (κ1) is 31.4. The van der Waals surface area contributed by atoms with E-state index in [0.717, 1.165) is 17.1 Å². The summed E-state index contributed by atoms with van der Waals surface area (Å²) >= 11 is 0. The van der Waals surface area contributed by atoms with Crippen LogP contribution in [0.3, 0.4) is 0 Å². The largest absolute Gasteiger partial charge is 0.497 e. The highest BCUT2D eigenvalue weighted by atomic mass is 32.2. The molecule has 3 aromatic heterocycles. The minimum Gasteiger partial charge on any atom is -0.497 e. The zero-order valence-corrected chi connectivity index (χ0v) is 24.2. The minimum absolute atomic E-state index is 0.0229. The van der Waals surface area contributed by atoms with Crippen molar-refractivity contribution < 1.29 is 31.1 Å². The summed E-state index contributed by atoms with van der Waals surface area (Å²) in [7, 11) is -1.86. The van der Waals surface area contributed by atoms with E-state index < -0.39 is 38.9 Å². The number of anilines is 2. The molecule has 13 nitrogen and oxygen atoms in total. The third-order valence-electron chi connectivity index (χ3n) is 6.00. The average Bonchev–Trinajstić information content (AvgIpc) is 3.40. The molecule has 4 rings (SSSR count). The predicted molar refractivity (Wildman–Crippen MR) is 149 cm³/mol. The number of hydrogen-bond donors (Lipinski definition) is 3. The van der Waals surface area contributed by atoms with Crippen LogP contribution in [-0.2, 0) is 40.4 Å². The Balaban J connectivity index is 1.31. The molecule has 0 bridgehead atoms. The molecule has 17 heteroatoms. The Labute approximate surface area is 244 Å². The molecule has 1 atom stereocenters. The fraction of sp³-hybridized carbons (Fsp3) is 0.346. The van der Waals surface area contributed by atoms with Crippen LogP contribution in [0.1, 0.15) is 29.7 Å². The van der Waals surface area contributed by atoms with Crippen molar-refractivity contribution in [1.29, 1.82) is 0 Å². The van der Waals surface area contributed by atoms with Gasteiger partial charge in [0.25, 0.3) is 5.56 Å². The van der Waals surface area contributed by atoms with Crippen LogP contribution in [0.25, 0.3) is 0 Å². The number of rotatable bonds is 13. The van der Waals surface area contributed by atoms with Gasteiger partial charge in [-0.05, 0) is 36.8 Å². The molecule has 3 heterocycles. The number of methoxy groups -OCH3 is 1. The van der Waals surface area contributed by atoms with E-state index in [1.54, 1.807) is 31.2 Å². The third-order valence-corrected chi connectivity index (χ3v) is 7.10. The molecule has 3 N–H and O–H groups in total. The van der Waals surface area contributed by atoms with Crippen LogP contribution in [0.5, 0.6) is 5.75 Å². The Morgan fingerprint density at radius 2 is 1.86 bits per heavy atom. The van der Waals surface area contributed by atoms with E-state index in [0.29, 0.717) is 28.8 Å². The second-order valence-corrected chi connectivity index (χ2v) is 11.5. The molecular formula is C26H29F3N8O5S. The Bertz CT molecular complexity index is 1690. The lowest BCUT2D eigenvalue weighted by Gasteiger charge is -2.19. The number of nitrogens with one attached hydrogen (secondary N) is 3. The van der Waals surface area contributed by atoms with Gasteiger partial charge in [0, 0.05) is 18.5 Å². The third kappa shape index (κ3) is 8.51. The fourth-order valence-electron chi connectivity index (χ4n) is 3.88. The van der Waals surface area contributed by atoms with Gasteiger partial charge in [-0.3, -0.25) is 9.89 Å². The van der Waals surface area contributed by atoms with Crippen molar-refractivity contribution in [2.24, 2.45) is 0 Å². The number of nitrogens with zero attached hydrogens (tertiary/aromatic N) is 5. The van der Waals surface area contributed by atoms with Gasteiger partial charge in [-0.15, -0.1) is 0 Å². The lowest BCUT2D eigenvalue weighted by molar-refractivity contribution is -0.138. The smallest absolute Gasteiger partial charge is 0.423 e. The molecule has 0 aliphatic rings. The van der Waals surface area contributed by atoms with Gasteiger partial charge in [0.2, 0.25) is 0 Å². The second kappa shape index (κ2) is 13.2. The van der Waals surface area contributed by atoms with Gasteiger partial charge < -0.3 is 20.1 Å². The normalized spacial score (nSPS) is 12.6. The summed E-state index contributed by atoms with van der Waals surface area (Å²) in [4.78, 5) is 21.2. The van der Waals surface area contributed by atoms with Gasteiger partial charge >= 0.3 is 6.18 Å². The van der Waals surface area contributed by atoms with Crippen molar-refractivity contribution >= 4 is 21.3 Å². The fourth-order valence-corrected chi connectivity index (χ4v) is 4.44. The Morgan fingerprint density at radius 1 is 1.12 bits per heavy atom. The van der Waals surface area contributed by atoms with Crippen molar-refractivity contribution in [2.75, 3.05) is 30.6 Å². The number of pyridine rings is 1. The predicted octanol–water partition coefficient (Wildman–Crippen LogP) is 2.86. The maximum absolute atomic E-state index is 13.9. The summed E-state index contributed by atoms with van der Waals surface area (Å²) in [6.45, 7) is 1.61. The van der Waals surface area contributed by atoms with Gasteiger partial charge in [-0.1, -0.05) is 12.1 Å². The summed E-state index contributed by atoms with van der Waals surface area (Å²) < 4.78 is 76.2. The molecular weight excluding hydrogens is 593 g/mol. The van der Waals surface area contributed by atoms with Crippen LogP contribution in [0.2, 0.25) is 0 Å². The maximum Gasteiger partial charge on any atom is 0.423 e. The molecule has 230 valence electrons. The maximum atomic E-state index is 13.9. The van der Waals surface area contributed by atoms with E-state index in [-0.39, 0.29) is 31.2 Å². The van der Waals surface area contributed by atoms with E-state index in [9.17, 15) is 26.4 Å². The zero-order valence-electron chi connectivity index (χ0n) is 23.3. The molecule has 0 radical (unpaired) electrons. The molecule has 1 aromatic carbocycles.